The molecule has 0 saturated carbocycles. The van der Waals surface area contributed by atoms with E-state index in [1.165, 1.54) is 0 Å². The fourth-order valence-corrected chi connectivity index (χ4v) is 1.25. The Morgan fingerprint density at radius 2 is 1.92 bits per heavy atom. The van der Waals surface area contributed by atoms with Gasteiger partial charge in [-0.1, -0.05) is 31.5 Å². The van der Waals surface area contributed by atoms with E-state index in [1.54, 1.807) is 0 Å². The van der Waals surface area contributed by atoms with E-state index >= 15 is 0 Å². The van der Waals surface area contributed by atoms with Gasteiger partial charge < -0.3 is 9.47 Å². The maximum atomic E-state index is 5.93. The van der Waals surface area contributed by atoms with Crippen molar-refractivity contribution in [3.63, 3.8) is 0 Å². The third-order valence-electron chi connectivity index (χ3n) is 1.67. The van der Waals surface area contributed by atoms with Crippen LogP contribution in [0.3, 0.4) is 0 Å². The SMILES string of the molecule is CC.Cc1ccc2c(c1Cl)OCO2. The van der Waals surface area contributed by atoms with Crippen molar-refractivity contribution in [2.75, 3.05) is 6.79 Å². The molecule has 0 spiro atoms. The summed E-state index contributed by atoms with van der Waals surface area (Å²) in [6.07, 6.45) is 0. The number of fused-ring (bicyclic) bond motifs is 1. The largest absolute Gasteiger partial charge is 0.454 e. The van der Waals surface area contributed by atoms with Crippen LogP contribution in [-0.2, 0) is 0 Å². The fourth-order valence-electron chi connectivity index (χ4n) is 1.04. The molecule has 13 heavy (non-hydrogen) atoms. The zero-order chi connectivity index (χ0) is 9.84. The highest BCUT2D eigenvalue weighted by atomic mass is 35.5. The Morgan fingerprint density at radius 3 is 2.62 bits per heavy atom. The van der Waals surface area contributed by atoms with Gasteiger partial charge >= 0.3 is 0 Å². The normalized spacial score (nSPS) is 12.0. The third kappa shape index (κ3) is 1.89. The van der Waals surface area contributed by atoms with Crippen LogP contribution in [0.1, 0.15) is 19.4 Å². The molecule has 72 valence electrons. The van der Waals surface area contributed by atoms with Gasteiger partial charge in [-0.2, -0.15) is 0 Å². The summed E-state index contributed by atoms with van der Waals surface area (Å²) in [6, 6.07) is 3.78. The molecule has 1 aliphatic heterocycles. The zero-order valence-corrected chi connectivity index (χ0v) is 8.81. The van der Waals surface area contributed by atoms with E-state index in [1.807, 2.05) is 32.9 Å². The van der Waals surface area contributed by atoms with E-state index < -0.39 is 0 Å². The van der Waals surface area contributed by atoms with Crippen molar-refractivity contribution in [3.05, 3.63) is 22.7 Å². The lowest BCUT2D eigenvalue weighted by atomic mass is 10.2. The van der Waals surface area contributed by atoms with Crippen LogP contribution < -0.4 is 9.47 Å². The van der Waals surface area contributed by atoms with Crippen molar-refractivity contribution < 1.29 is 9.47 Å². The molecule has 0 aliphatic carbocycles. The first-order valence-corrected chi connectivity index (χ1v) is 4.71. The maximum absolute atomic E-state index is 5.93. The third-order valence-corrected chi connectivity index (χ3v) is 2.14. The van der Waals surface area contributed by atoms with Crippen LogP contribution in [0, 0.1) is 6.92 Å². The molecule has 0 N–H and O–H groups in total. The maximum Gasteiger partial charge on any atom is 0.231 e. The van der Waals surface area contributed by atoms with Crippen LogP contribution in [0.15, 0.2) is 12.1 Å². The molecule has 1 aromatic rings. The lowest BCUT2D eigenvalue weighted by molar-refractivity contribution is 0.174. The minimum atomic E-state index is 0.276. The van der Waals surface area contributed by atoms with Gasteiger partial charge in [0.25, 0.3) is 0 Å². The monoisotopic (exact) mass is 200 g/mol. The van der Waals surface area contributed by atoms with Crippen LogP contribution in [0.4, 0.5) is 0 Å². The van der Waals surface area contributed by atoms with Gasteiger partial charge in [-0.15, -0.1) is 0 Å². The average Bonchev–Trinajstić information content (AvgIpc) is 2.63. The number of ether oxygens (including phenoxy) is 2. The number of hydrogen-bond donors (Lipinski definition) is 0. The number of benzene rings is 1. The Bertz CT molecular complexity index is 297. The first-order valence-electron chi connectivity index (χ1n) is 4.34. The predicted octanol–water partition coefficient (Wildman–Crippen LogP) is 3.40. The Hall–Kier alpha value is -0.890. The minimum absolute atomic E-state index is 0.276. The van der Waals surface area contributed by atoms with Gasteiger partial charge in [-0.05, 0) is 18.6 Å². The van der Waals surface area contributed by atoms with Gasteiger partial charge in [0.1, 0.15) is 0 Å². The van der Waals surface area contributed by atoms with Crippen LogP contribution in [-0.4, -0.2) is 6.79 Å². The quantitative estimate of drug-likeness (QED) is 0.639. The van der Waals surface area contributed by atoms with E-state index in [-0.39, 0.29) is 6.79 Å². The number of rotatable bonds is 0. The molecule has 1 aromatic carbocycles. The van der Waals surface area contributed by atoms with Gasteiger partial charge in [-0.25, -0.2) is 0 Å². The van der Waals surface area contributed by atoms with Crippen LogP contribution in [0.5, 0.6) is 11.5 Å². The van der Waals surface area contributed by atoms with Crippen LogP contribution in [0.25, 0.3) is 0 Å². The molecule has 0 fully saturated rings. The van der Waals surface area contributed by atoms with E-state index in [4.69, 9.17) is 21.1 Å². The van der Waals surface area contributed by atoms with E-state index in [0.717, 1.165) is 11.3 Å². The highest BCUT2D eigenvalue weighted by molar-refractivity contribution is 6.33. The molecule has 1 aliphatic rings. The highest BCUT2D eigenvalue weighted by Gasteiger charge is 2.17. The summed E-state index contributed by atoms with van der Waals surface area (Å²) >= 11 is 5.93. The molecular formula is C10H13ClO2. The van der Waals surface area contributed by atoms with Gasteiger partial charge in [0, 0.05) is 0 Å². The molecular weight excluding hydrogens is 188 g/mol. The molecule has 0 saturated heterocycles. The number of aryl methyl sites for hydroxylation is 1. The smallest absolute Gasteiger partial charge is 0.231 e. The molecule has 0 unspecified atom stereocenters. The predicted molar refractivity (Wildman–Crippen MR) is 53.7 cm³/mol. The van der Waals surface area contributed by atoms with E-state index in [9.17, 15) is 0 Å². The molecule has 3 heteroatoms. The Morgan fingerprint density at radius 1 is 1.23 bits per heavy atom. The van der Waals surface area contributed by atoms with Crippen LogP contribution in [0.2, 0.25) is 5.02 Å². The van der Waals surface area contributed by atoms with E-state index in [2.05, 4.69) is 0 Å². The molecule has 2 rings (SSSR count). The van der Waals surface area contributed by atoms with Crippen molar-refractivity contribution in [3.8, 4) is 11.5 Å². The standard InChI is InChI=1S/C8H7ClO2.C2H6/c1-5-2-3-6-8(7(5)9)11-4-10-6;1-2/h2-3H,4H2,1H3;1-2H3. The lowest BCUT2D eigenvalue weighted by Gasteiger charge is -2.00. The molecule has 0 bridgehead atoms. The summed E-state index contributed by atoms with van der Waals surface area (Å²) in [6.45, 7) is 6.21. The summed E-state index contributed by atoms with van der Waals surface area (Å²) in [5, 5.41) is 0.653. The average molecular weight is 201 g/mol. The van der Waals surface area contributed by atoms with Gasteiger partial charge in [0.05, 0.1) is 5.02 Å². The van der Waals surface area contributed by atoms with Crippen LogP contribution >= 0.6 is 11.6 Å². The van der Waals surface area contributed by atoms with Crippen molar-refractivity contribution >= 4 is 11.6 Å². The second kappa shape index (κ2) is 4.38. The highest BCUT2D eigenvalue weighted by Crippen LogP contribution is 2.40. The summed E-state index contributed by atoms with van der Waals surface area (Å²) in [7, 11) is 0. The lowest BCUT2D eigenvalue weighted by Crippen LogP contribution is -1.93. The van der Waals surface area contributed by atoms with Crippen molar-refractivity contribution in [2.24, 2.45) is 0 Å². The van der Waals surface area contributed by atoms with Crippen molar-refractivity contribution in [2.45, 2.75) is 20.8 Å². The second-order valence-electron chi connectivity index (χ2n) is 2.43. The molecule has 2 nitrogen and oxygen atoms in total. The Kier molecular flexibility index (Phi) is 3.43. The summed E-state index contributed by atoms with van der Waals surface area (Å²) in [5.74, 6) is 1.41. The molecule has 1 heterocycles. The fraction of sp³-hybridized carbons (Fsp3) is 0.400. The zero-order valence-electron chi connectivity index (χ0n) is 8.06. The summed E-state index contributed by atoms with van der Waals surface area (Å²) < 4.78 is 10.3. The Balaban J connectivity index is 0.000000396. The first-order chi connectivity index (χ1) is 6.29. The van der Waals surface area contributed by atoms with Crippen molar-refractivity contribution in [1.82, 2.24) is 0 Å². The van der Waals surface area contributed by atoms with Gasteiger partial charge in [-0.3, -0.25) is 0 Å². The van der Waals surface area contributed by atoms with Crippen molar-refractivity contribution in [1.29, 1.82) is 0 Å². The molecule has 0 atom stereocenters. The topological polar surface area (TPSA) is 18.5 Å². The minimum Gasteiger partial charge on any atom is -0.454 e. The first kappa shape index (κ1) is 10.2. The second-order valence-corrected chi connectivity index (χ2v) is 2.81. The molecule has 0 amide bonds. The summed E-state index contributed by atoms with van der Waals surface area (Å²) in [4.78, 5) is 0. The summed E-state index contributed by atoms with van der Waals surface area (Å²) in [5.41, 5.74) is 1.01. The Labute approximate surface area is 83.4 Å². The molecule has 0 radical (unpaired) electrons. The van der Waals surface area contributed by atoms with Gasteiger partial charge in [0.15, 0.2) is 11.5 Å². The number of halogens is 1. The van der Waals surface area contributed by atoms with E-state index in [0.29, 0.717) is 10.8 Å². The van der Waals surface area contributed by atoms with Gasteiger partial charge in [0.2, 0.25) is 6.79 Å². The number of hydrogen-bond acceptors (Lipinski definition) is 2. The molecule has 0 aromatic heterocycles.